The summed E-state index contributed by atoms with van der Waals surface area (Å²) in [5.74, 6) is -0.991. The Hall–Kier alpha value is -0.714. The third-order valence-corrected chi connectivity index (χ3v) is 0.642. The molecule has 0 aromatic heterocycles. The molecular formula is C6H22CoN4O4+. The zero-order chi connectivity index (χ0) is 8.57. The van der Waals surface area contributed by atoms with Crippen molar-refractivity contribution in [1.82, 2.24) is 0 Å². The Morgan fingerprint density at radius 2 is 0.867 bits per heavy atom. The Labute approximate surface area is 100 Å². The number of carbonyl (C=O) groups excluding carboxylic acids is 2. The predicted octanol–water partition coefficient (Wildman–Crippen LogP) is 2.16. The van der Waals surface area contributed by atoms with Crippen LogP contribution in [0.15, 0.2) is 0 Å². The van der Waals surface area contributed by atoms with Gasteiger partial charge in [0.1, 0.15) is 12.8 Å². The van der Waals surface area contributed by atoms with Crippen molar-refractivity contribution in [3.05, 3.63) is 24.6 Å². The van der Waals surface area contributed by atoms with Crippen LogP contribution in [0.25, 0.3) is 24.6 Å². The molecule has 0 aliphatic rings. The molecule has 0 aromatic rings. The summed E-state index contributed by atoms with van der Waals surface area (Å²) in [4.78, 5) is 19.0. The molecule has 0 unspecified atom stereocenters. The van der Waals surface area contributed by atoms with E-state index in [4.69, 9.17) is 10.2 Å². The van der Waals surface area contributed by atoms with Gasteiger partial charge in [-0.05, 0) is 13.8 Å². The molecule has 0 aliphatic heterocycles. The van der Waals surface area contributed by atoms with E-state index in [1.54, 1.807) is 13.8 Å². The van der Waals surface area contributed by atoms with E-state index in [1.165, 1.54) is 0 Å². The van der Waals surface area contributed by atoms with E-state index < -0.39 is 11.9 Å². The van der Waals surface area contributed by atoms with E-state index in [1.807, 2.05) is 0 Å². The van der Waals surface area contributed by atoms with Crippen molar-refractivity contribution in [2.24, 2.45) is 0 Å². The number of carbonyl (C=O) groups is 2. The Bertz CT molecular complexity index is 112. The molecule has 98 valence electrons. The zero-order valence-corrected chi connectivity index (χ0v) is 9.91. The monoisotopic (exact) mass is 273 g/mol. The summed E-state index contributed by atoms with van der Waals surface area (Å²) in [6, 6.07) is 0. The Balaban J connectivity index is -0.0000000128. The van der Waals surface area contributed by atoms with Gasteiger partial charge in [-0.3, -0.25) is 0 Å². The number of rotatable bonds is 2. The Kier molecular flexibility index (Phi) is 120. The van der Waals surface area contributed by atoms with E-state index in [0.29, 0.717) is 12.8 Å². The minimum absolute atomic E-state index is 0. The molecule has 0 atom stereocenters. The first-order valence-electron chi connectivity index (χ1n) is 3.03. The van der Waals surface area contributed by atoms with E-state index in [-0.39, 0.29) is 41.4 Å². The molecular weight excluding hydrogens is 251 g/mol. The fourth-order valence-corrected chi connectivity index (χ4v) is 0. The number of hydrogen-bond donors (Lipinski definition) is 0. The fourth-order valence-electron chi connectivity index (χ4n) is 0. The van der Waals surface area contributed by atoms with Crippen molar-refractivity contribution in [3.8, 4) is 0 Å². The summed E-state index contributed by atoms with van der Waals surface area (Å²) in [5, 5.41) is 12.4. The summed E-state index contributed by atoms with van der Waals surface area (Å²) >= 11 is 0. The van der Waals surface area contributed by atoms with Gasteiger partial charge in [-0.1, -0.05) is 0 Å². The van der Waals surface area contributed by atoms with Gasteiger partial charge in [0.25, 0.3) is 0 Å². The molecule has 0 heterocycles. The molecule has 12 N–H and O–H groups in total. The van der Waals surface area contributed by atoms with Crippen molar-refractivity contribution >= 4 is 11.9 Å². The first-order valence-corrected chi connectivity index (χ1v) is 3.03. The topological polar surface area (TPSA) is 214 Å². The van der Waals surface area contributed by atoms with Crippen LogP contribution in [0.1, 0.15) is 26.7 Å². The summed E-state index contributed by atoms with van der Waals surface area (Å²) < 4.78 is 0. The van der Waals surface area contributed by atoms with Crippen LogP contribution in [0.3, 0.4) is 0 Å². The standard InChI is InChI=1S/2C3H6O2.Co.4H2N/c2*1-2-3(4)5;;;;;/h2*2H2,1H3,(H,4,5);;4*1H2/q;;+3;4*-1/p+2. The Morgan fingerprint density at radius 3 is 0.867 bits per heavy atom. The van der Waals surface area contributed by atoms with Crippen LogP contribution >= 0.6 is 0 Å². The molecule has 0 fully saturated rings. The van der Waals surface area contributed by atoms with Gasteiger partial charge >= 0.3 is 28.7 Å². The van der Waals surface area contributed by atoms with Crippen LogP contribution in [0.4, 0.5) is 0 Å². The van der Waals surface area contributed by atoms with Crippen LogP contribution in [0.2, 0.25) is 0 Å². The number of nitrogens with two attached hydrogens (primary N) is 4. The zero-order valence-electron chi connectivity index (χ0n) is 8.87. The summed E-state index contributed by atoms with van der Waals surface area (Å²) in [6.45, 7) is 3.32. The van der Waals surface area contributed by atoms with Gasteiger partial charge in [-0.25, -0.2) is 0 Å². The maximum absolute atomic E-state index is 9.48. The first kappa shape index (κ1) is 47.5. The van der Waals surface area contributed by atoms with E-state index in [9.17, 15) is 9.59 Å². The summed E-state index contributed by atoms with van der Waals surface area (Å²) in [6.07, 6.45) is 0.667. The third-order valence-electron chi connectivity index (χ3n) is 0.642. The molecule has 0 spiro atoms. The molecule has 0 aromatic carbocycles. The molecule has 0 radical (unpaired) electrons. The number of hydrogen-bond acceptors (Lipinski definition) is 2. The van der Waals surface area contributed by atoms with E-state index in [2.05, 4.69) is 0 Å². The minimum Gasteiger partial charge on any atom is -0.693 e. The van der Waals surface area contributed by atoms with Gasteiger partial charge in [-0.15, -0.1) is 0 Å². The molecule has 0 rings (SSSR count). The van der Waals surface area contributed by atoms with Crippen molar-refractivity contribution in [2.45, 2.75) is 26.7 Å². The second-order valence-electron chi connectivity index (χ2n) is 1.55. The van der Waals surface area contributed by atoms with Crippen LogP contribution in [-0.2, 0) is 26.4 Å². The fraction of sp³-hybridized carbons (Fsp3) is 0.667. The largest absolute Gasteiger partial charge is 3.00 e. The Morgan fingerprint density at radius 1 is 0.800 bits per heavy atom. The molecule has 0 saturated heterocycles. The average Bonchev–Trinajstić information content (AvgIpc) is 1.89. The van der Waals surface area contributed by atoms with Gasteiger partial charge < -0.3 is 34.8 Å². The van der Waals surface area contributed by atoms with Crippen molar-refractivity contribution in [3.63, 3.8) is 0 Å². The van der Waals surface area contributed by atoms with Crippen molar-refractivity contribution < 1.29 is 36.6 Å². The molecule has 0 amide bonds. The second kappa shape index (κ2) is 37.8. The van der Waals surface area contributed by atoms with E-state index >= 15 is 0 Å². The van der Waals surface area contributed by atoms with Gasteiger partial charge in [0.2, 0.25) is 0 Å². The summed E-state index contributed by atoms with van der Waals surface area (Å²) in [5.41, 5.74) is 0. The SMILES string of the molecule is CCC(=O)[OH2+].CCC(=O)[OH2+].[Co+3].[NH2-].[NH2-].[NH2-].[NH2-]. The summed E-state index contributed by atoms with van der Waals surface area (Å²) in [7, 11) is 0. The normalized spacial score (nSPS) is 4.93. The van der Waals surface area contributed by atoms with Crippen LogP contribution in [0, 0.1) is 0 Å². The first-order chi connectivity index (χ1) is 4.54. The van der Waals surface area contributed by atoms with Crippen LogP contribution < -0.4 is 0 Å². The maximum Gasteiger partial charge on any atom is 3.00 e. The predicted molar refractivity (Wildman–Crippen MR) is 59.0 cm³/mol. The van der Waals surface area contributed by atoms with Gasteiger partial charge in [0, 0.05) is 9.59 Å². The van der Waals surface area contributed by atoms with Crippen molar-refractivity contribution in [1.29, 1.82) is 0 Å². The molecule has 8 nitrogen and oxygen atoms in total. The van der Waals surface area contributed by atoms with Crippen LogP contribution in [-0.4, -0.2) is 22.2 Å². The minimum atomic E-state index is -0.495. The van der Waals surface area contributed by atoms with Crippen molar-refractivity contribution in [2.75, 3.05) is 0 Å². The average molecular weight is 273 g/mol. The molecule has 0 saturated carbocycles. The molecule has 15 heavy (non-hydrogen) atoms. The van der Waals surface area contributed by atoms with E-state index in [0.717, 1.165) is 0 Å². The quantitative estimate of drug-likeness (QED) is 0.690. The van der Waals surface area contributed by atoms with Gasteiger partial charge in [-0.2, -0.15) is 0 Å². The molecule has 0 aliphatic carbocycles. The molecule has 9 heteroatoms. The van der Waals surface area contributed by atoms with Gasteiger partial charge in [0.05, 0.1) is 0 Å². The third kappa shape index (κ3) is 157. The molecule has 0 bridgehead atoms. The van der Waals surface area contributed by atoms with Gasteiger partial charge in [0.15, 0.2) is 0 Å². The van der Waals surface area contributed by atoms with Crippen LogP contribution in [0.5, 0.6) is 0 Å². The smallest absolute Gasteiger partial charge is 0.693 e. The second-order valence-corrected chi connectivity index (χ2v) is 1.55. The maximum atomic E-state index is 9.48.